The molecular formula is C7H12O8S2. The molecule has 0 saturated carbocycles. The first-order chi connectivity index (χ1) is 7.39. The molecule has 0 heterocycles. The SMILES string of the molecule is CCC(/C=C(\C)C(=O)O)(S(=O)(=O)O)S(=O)(=O)O. The third-order valence-electron chi connectivity index (χ3n) is 2.14. The van der Waals surface area contributed by atoms with Gasteiger partial charge in [-0.05, 0) is 19.4 Å². The van der Waals surface area contributed by atoms with Gasteiger partial charge in [-0.2, -0.15) is 16.8 Å². The van der Waals surface area contributed by atoms with Gasteiger partial charge >= 0.3 is 5.97 Å². The number of carboxylic acids is 1. The Labute approximate surface area is 98.5 Å². The molecule has 0 aliphatic rings. The zero-order chi connectivity index (χ0) is 14.1. The monoisotopic (exact) mass is 288 g/mol. The standard InChI is InChI=1S/C7H12O8S2/c1-3-7(16(10,11)12,17(13,14)15)4-5(2)6(8)9/h4H,3H2,1-2H3,(H,8,9)(H,10,11,12)(H,13,14,15)/b5-4+. The third-order valence-corrected chi connectivity index (χ3v) is 5.96. The van der Waals surface area contributed by atoms with E-state index in [1.807, 2.05) is 0 Å². The second-order valence-corrected chi connectivity index (χ2v) is 6.86. The molecule has 100 valence electrons. The Morgan fingerprint density at radius 1 is 1.18 bits per heavy atom. The number of rotatable bonds is 5. The summed E-state index contributed by atoms with van der Waals surface area (Å²) in [6.07, 6.45) is -0.449. The summed E-state index contributed by atoms with van der Waals surface area (Å²) in [5.74, 6) is -1.57. The molecule has 0 aliphatic carbocycles. The maximum absolute atomic E-state index is 11.1. The van der Waals surface area contributed by atoms with Crippen molar-refractivity contribution in [3.05, 3.63) is 11.6 Å². The molecule has 8 nitrogen and oxygen atoms in total. The zero-order valence-electron chi connectivity index (χ0n) is 8.98. The van der Waals surface area contributed by atoms with Crippen molar-refractivity contribution in [1.29, 1.82) is 0 Å². The maximum Gasteiger partial charge on any atom is 0.331 e. The Hall–Kier alpha value is -0.970. The highest BCUT2D eigenvalue weighted by molar-refractivity contribution is 8.05. The normalized spacial score (nSPS) is 14.7. The van der Waals surface area contributed by atoms with Gasteiger partial charge in [-0.25, -0.2) is 4.79 Å². The lowest BCUT2D eigenvalue weighted by molar-refractivity contribution is -0.132. The van der Waals surface area contributed by atoms with Crippen LogP contribution in [0.1, 0.15) is 20.3 Å². The molecule has 0 saturated heterocycles. The zero-order valence-corrected chi connectivity index (χ0v) is 10.6. The summed E-state index contributed by atoms with van der Waals surface area (Å²) in [5.41, 5.74) is -0.637. The van der Waals surface area contributed by atoms with Crippen LogP contribution in [0.3, 0.4) is 0 Å². The van der Waals surface area contributed by atoms with Gasteiger partial charge in [0.05, 0.1) is 0 Å². The highest BCUT2D eigenvalue weighted by Gasteiger charge is 2.51. The Bertz CT molecular complexity index is 506. The Morgan fingerprint density at radius 3 is 1.71 bits per heavy atom. The molecule has 0 amide bonds. The lowest BCUT2D eigenvalue weighted by Gasteiger charge is -2.22. The van der Waals surface area contributed by atoms with E-state index in [1.165, 1.54) is 0 Å². The van der Waals surface area contributed by atoms with Crippen LogP contribution in [0.15, 0.2) is 11.6 Å². The van der Waals surface area contributed by atoms with Gasteiger partial charge in [-0.3, -0.25) is 9.11 Å². The fourth-order valence-electron chi connectivity index (χ4n) is 1.14. The van der Waals surface area contributed by atoms with E-state index in [2.05, 4.69) is 0 Å². The predicted molar refractivity (Wildman–Crippen MR) is 57.5 cm³/mol. The Morgan fingerprint density at radius 2 is 1.53 bits per heavy atom. The molecule has 0 fully saturated rings. The summed E-state index contributed by atoms with van der Waals surface area (Å²) in [7, 11) is -10.5. The van der Waals surface area contributed by atoms with E-state index < -0.39 is 42.3 Å². The lowest BCUT2D eigenvalue weighted by atomic mass is 10.2. The van der Waals surface area contributed by atoms with Gasteiger partial charge in [0.25, 0.3) is 20.2 Å². The average Bonchev–Trinajstić information content (AvgIpc) is 2.09. The van der Waals surface area contributed by atoms with Gasteiger partial charge in [0, 0.05) is 5.57 Å². The van der Waals surface area contributed by atoms with Crippen LogP contribution in [0, 0.1) is 0 Å². The van der Waals surface area contributed by atoms with Crippen molar-refractivity contribution in [3.8, 4) is 0 Å². The van der Waals surface area contributed by atoms with E-state index in [0.717, 1.165) is 13.8 Å². The fraction of sp³-hybridized carbons (Fsp3) is 0.571. The van der Waals surface area contributed by atoms with Crippen LogP contribution in [-0.4, -0.2) is 41.1 Å². The summed E-state index contributed by atoms with van der Waals surface area (Å²) >= 11 is 0. The van der Waals surface area contributed by atoms with Crippen LogP contribution in [0.4, 0.5) is 0 Å². The number of hydrogen-bond donors (Lipinski definition) is 3. The van der Waals surface area contributed by atoms with Gasteiger partial charge in [-0.1, -0.05) is 6.92 Å². The van der Waals surface area contributed by atoms with Gasteiger partial charge in [0.1, 0.15) is 0 Å². The van der Waals surface area contributed by atoms with Crippen molar-refractivity contribution in [1.82, 2.24) is 0 Å². The molecule has 17 heavy (non-hydrogen) atoms. The van der Waals surface area contributed by atoms with Gasteiger partial charge < -0.3 is 5.11 Å². The van der Waals surface area contributed by atoms with E-state index in [9.17, 15) is 21.6 Å². The van der Waals surface area contributed by atoms with E-state index >= 15 is 0 Å². The second kappa shape index (κ2) is 4.72. The van der Waals surface area contributed by atoms with Crippen molar-refractivity contribution >= 4 is 26.2 Å². The second-order valence-electron chi connectivity index (χ2n) is 3.25. The van der Waals surface area contributed by atoms with E-state index in [0.29, 0.717) is 6.08 Å². The lowest BCUT2D eigenvalue weighted by Crippen LogP contribution is -2.44. The molecule has 0 aromatic heterocycles. The summed E-state index contributed by atoms with van der Waals surface area (Å²) in [6, 6.07) is 0. The van der Waals surface area contributed by atoms with E-state index in [-0.39, 0.29) is 0 Å². The van der Waals surface area contributed by atoms with Crippen LogP contribution in [0.5, 0.6) is 0 Å². The minimum Gasteiger partial charge on any atom is -0.478 e. The molecule has 3 N–H and O–H groups in total. The van der Waals surface area contributed by atoms with Crippen molar-refractivity contribution in [3.63, 3.8) is 0 Å². The minimum atomic E-state index is -5.24. The van der Waals surface area contributed by atoms with E-state index in [1.54, 1.807) is 0 Å². The fourth-order valence-corrected chi connectivity index (χ4v) is 3.59. The van der Waals surface area contributed by atoms with Crippen LogP contribution in [-0.2, 0) is 25.0 Å². The largest absolute Gasteiger partial charge is 0.478 e. The van der Waals surface area contributed by atoms with Crippen LogP contribution in [0.25, 0.3) is 0 Å². The first-order valence-electron chi connectivity index (χ1n) is 4.26. The molecule has 0 unspecified atom stereocenters. The minimum absolute atomic E-state index is 0.292. The van der Waals surface area contributed by atoms with Crippen molar-refractivity contribution in [2.45, 2.75) is 24.3 Å². The van der Waals surface area contributed by atoms with Crippen LogP contribution >= 0.6 is 0 Å². The number of hydrogen-bond acceptors (Lipinski definition) is 5. The summed E-state index contributed by atoms with van der Waals surface area (Å²) in [5, 5.41) is 8.55. The van der Waals surface area contributed by atoms with Crippen LogP contribution in [0.2, 0.25) is 0 Å². The molecule has 0 bridgehead atoms. The molecule has 0 aromatic rings. The molecule has 0 aromatic carbocycles. The molecular weight excluding hydrogens is 276 g/mol. The quantitative estimate of drug-likeness (QED) is 0.469. The number of aliphatic carboxylic acids is 1. The molecule has 0 rings (SSSR count). The van der Waals surface area contributed by atoms with Crippen LogP contribution < -0.4 is 0 Å². The van der Waals surface area contributed by atoms with Gasteiger partial charge in [0.2, 0.25) is 4.08 Å². The van der Waals surface area contributed by atoms with E-state index in [4.69, 9.17) is 14.2 Å². The smallest absolute Gasteiger partial charge is 0.331 e. The Kier molecular flexibility index (Phi) is 4.45. The summed E-state index contributed by atoms with van der Waals surface area (Å²) < 4.78 is 59.0. The van der Waals surface area contributed by atoms with Crippen molar-refractivity contribution in [2.24, 2.45) is 0 Å². The first kappa shape index (κ1) is 16.0. The highest BCUT2D eigenvalue weighted by Crippen LogP contribution is 2.30. The summed E-state index contributed by atoms with van der Waals surface area (Å²) in [4.78, 5) is 10.5. The maximum atomic E-state index is 11.1. The van der Waals surface area contributed by atoms with Crippen molar-refractivity contribution in [2.75, 3.05) is 0 Å². The van der Waals surface area contributed by atoms with Gasteiger partial charge in [0.15, 0.2) is 0 Å². The molecule has 10 heteroatoms. The molecule has 0 spiro atoms. The third kappa shape index (κ3) is 3.03. The van der Waals surface area contributed by atoms with Crippen molar-refractivity contribution < 1.29 is 35.8 Å². The molecule has 0 aliphatic heterocycles. The average molecular weight is 288 g/mol. The summed E-state index contributed by atoms with van der Waals surface area (Å²) in [6.45, 7) is 2.00. The topological polar surface area (TPSA) is 146 Å². The Balaban J connectivity index is 6.29. The molecule has 0 atom stereocenters. The first-order valence-corrected chi connectivity index (χ1v) is 7.14. The highest BCUT2D eigenvalue weighted by atomic mass is 32.3. The number of carboxylic acid groups (broad SMARTS) is 1. The van der Waals surface area contributed by atoms with Gasteiger partial charge in [-0.15, -0.1) is 0 Å². The molecule has 0 radical (unpaired) electrons. The predicted octanol–water partition coefficient (Wildman–Crippen LogP) is -0.101. The number of carbonyl (C=O) groups is 1.